The smallest absolute Gasteiger partial charge is 0.159 e. The Labute approximate surface area is 115 Å². The summed E-state index contributed by atoms with van der Waals surface area (Å²) >= 11 is 0. The lowest BCUT2D eigenvalue weighted by molar-refractivity contribution is 0.0642. The molecule has 0 saturated carbocycles. The Balaban J connectivity index is 1.82. The Morgan fingerprint density at radius 2 is 1.90 bits per heavy atom. The lowest BCUT2D eigenvalue weighted by Gasteiger charge is -2.29. The first-order valence-electron chi connectivity index (χ1n) is 6.49. The molecular weight excluding hydrogens is 262 g/mol. The predicted octanol–water partition coefficient (Wildman–Crippen LogP) is 3.25. The third-order valence-electron chi connectivity index (χ3n) is 3.64. The second-order valence-electron chi connectivity index (χ2n) is 5.00. The van der Waals surface area contributed by atoms with Gasteiger partial charge in [-0.25, -0.2) is 8.78 Å². The van der Waals surface area contributed by atoms with Gasteiger partial charge >= 0.3 is 0 Å². The van der Waals surface area contributed by atoms with E-state index in [0.29, 0.717) is 18.6 Å². The van der Waals surface area contributed by atoms with Gasteiger partial charge in [-0.1, -0.05) is 24.3 Å². The van der Waals surface area contributed by atoms with Crippen LogP contribution >= 0.6 is 0 Å². The van der Waals surface area contributed by atoms with Crippen LogP contribution in [0, 0.1) is 17.6 Å². The maximum Gasteiger partial charge on any atom is 0.159 e. The summed E-state index contributed by atoms with van der Waals surface area (Å²) in [5.41, 5.74) is 1.39. The molecule has 2 aromatic carbocycles. The summed E-state index contributed by atoms with van der Waals surface area (Å²) in [6.45, 7) is 0.358. The molecule has 4 heteroatoms. The van der Waals surface area contributed by atoms with Crippen LogP contribution in [0.15, 0.2) is 42.5 Å². The first kappa shape index (κ1) is 13.1. The molecule has 2 unspecified atom stereocenters. The Morgan fingerprint density at radius 3 is 2.70 bits per heavy atom. The molecule has 1 N–H and O–H groups in total. The number of hydrogen-bond donors (Lipinski definition) is 1. The van der Waals surface area contributed by atoms with Crippen LogP contribution in [0.25, 0.3) is 0 Å². The molecule has 2 atom stereocenters. The second-order valence-corrected chi connectivity index (χ2v) is 5.00. The molecule has 3 rings (SSSR count). The maximum absolute atomic E-state index is 13.2. The fraction of sp³-hybridized carbons (Fsp3) is 0.250. The standard InChI is InChI=1S/C16H14F2O2/c17-13-6-5-11(8-14(13)18)16(19)12-7-10-3-1-2-4-15(10)20-9-12/h1-6,8,12,16,19H,7,9H2. The van der Waals surface area contributed by atoms with Crippen LogP contribution in [-0.4, -0.2) is 11.7 Å². The molecule has 1 aliphatic rings. The summed E-state index contributed by atoms with van der Waals surface area (Å²) in [5, 5.41) is 10.3. The van der Waals surface area contributed by atoms with Gasteiger partial charge in [0, 0.05) is 5.92 Å². The normalized spacial score (nSPS) is 19.1. The third-order valence-corrected chi connectivity index (χ3v) is 3.64. The number of halogens is 2. The molecule has 1 heterocycles. The highest BCUT2D eigenvalue weighted by molar-refractivity contribution is 5.35. The molecule has 0 aromatic heterocycles. The van der Waals surface area contributed by atoms with Crippen molar-refractivity contribution in [3.63, 3.8) is 0 Å². The molecule has 1 aliphatic heterocycles. The Bertz CT molecular complexity index is 628. The molecular formula is C16H14F2O2. The van der Waals surface area contributed by atoms with E-state index in [0.717, 1.165) is 23.4 Å². The lowest BCUT2D eigenvalue weighted by Crippen LogP contribution is -2.26. The van der Waals surface area contributed by atoms with E-state index >= 15 is 0 Å². The molecule has 0 aliphatic carbocycles. The molecule has 0 radical (unpaired) electrons. The van der Waals surface area contributed by atoms with E-state index in [-0.39, 0.29) is 5.92 Å². The first-order chi connectivity index (χ1) is 9.65. The quantitative estimate of drug-likeness (QED) is 0.912. The van der Waals surface area contributed by atoms with Crippen LogP contribution in [0.2, 0.25) is 0 Å². The van der Waals surface area contributed by atoms with Crippen molar-refractivity contribution in [3.05, 3.63) is 65.2 Å². The summed E-state index contributed by atoms with van der Waals surface area (Å²) in [6.07, 6.45) is -0.227. The van der Waals surface area contributed by atoms with Crippen molar-refractivity contribution in [3.8, 4) is 5.75 Å². The van der Waals surface area contributed by atoms with Crippen molar-refractivity contribution in [2.45, 2.75) is 12.5 Å². The van der Waals surface area contributed by atoms with Crippen LogP contribution in [-0.2, 0) is 6.42 Å². The average molecular weight is 276 g/mol. The van der Waals surface area contributed by atoms with Crippen molar-refractivity contribution >= 4 is 0 Å². The highest BCUT2D eigenvalue weighted by atomic mass is 19.2. The van der Waals surface area contributed by atoms with Gasteiger partial charge in [-0.3, -0.25) is 0 Å². The van der Waals surface area contributed by atoms with E-state index < -0.39 is 17.7 Å². The summed E-state index contributed by atoms with van der Waals surface area (Å²) < 4.78 is 31.8. The van der Waals surface area contributed by atoms with Gasteiger partial charge in [0.05, 0.1) is 12.7 Å². The van der Waals surface area contributed by atoms with E-state index in [2.05, 4.69) is 0 Å². The SMILES string of the molecule is OC(c1ccc(F)c(F)c1)C1COc2ccccc2C1. The van der Waals surface area contributed by atoms with Crippen molar-refractivity contribution in [1.82, 2.24) is 0 Å². The number of ether oxygens (including phenoxy) is 1. The first-order valence-corrected chi connectivity index (χ1v) is 6.49. The van der Waals surface area contributed by atoms with Crippen molar-refractivity contribution in [2.24, 2.45) is 5.92 Å². The molecule has 20 heavy (non-hydrogen) atoms. The highest BCUT2D eigenvalue weighted by Gasteiger charge is 2.27. The zero-order valence-electron chi connectivity index (χ0n) is 10.7. The number of benzene rings is 2. The van der Waals surface area contributed by atoms with E-state index in [1.165, 1.54) is 6.07 Å². The Morgan fingerprint density at radius 1 is 1.10 bits per heavy atom. The molecule has 0 saturated heterocycles. The van der Waals surface area contributed by atoms with Crippen molar-refractivity contribution < 1.29 is 18.6 Å². The fourth-order valence-electron chi connectivity index (χ4n) is 2.52. The monoisotopic (exact) mass is 276 g/mol. The van der Waals surface area contributed by atoms with Gasteiger partial charge in [-0.05, 0) is 35.7 Å². The Hall–Kier alpha value is -1.94. The molecule has 2 aromatic rings. The van der Waals surface area contributed by atoms with Crippen LogP contribution < -0.4 is 4.74 Å². The van der Waals surface area contributed by atoms with E-state index in [1.54, 1.807) is 0 Å². The van der Waals surface area contributed by atoms with Gasteiger partial charge in [0.25, 0.3) is 0 Å². The topological polar surface area (TPSA) is 29.5 Å². The van der Waals surface area contributed by atoms with Gasteiger partial charge in [0.2, 0.25) is 0 Å². The fourth-order valence-corrected chi connectivity index (χ4v) is 2.52. The minimum Gasteiger partial charge on any atom is -0.493 e. The molecule has 0 fully saturated rings. The number of para-hydroxylation sites is 1. The maximum atomic E-state index is 13.2. The van der Waals surface area contributed by atoms with Crippen LogP contribution in [0.5, 0.6) is 5.75 Å². The minimum atomic E-state index is -0.946. The second kappa shape index (κ2) is 5.21. The molecule has 2 nitrogen and oxygen atoms in total. The summed E-state index contributed by atoms with van der Waals surface area (Å²) in [4.78, 5) is 0. The summed E-state index contributed by atoms with van der Waals surface area (Å²) in [5.74, 6) is -1.21. The zero-order valence-corrected chi connectivity index (χ0v) is 10.7. The van der Waals surface area contributed by atoms with Crippen LogP contribution in [0.1, 0.15) is 17.2 Å². The highest BCUT2D eigenvalue weighted by Crippen LogP contribution is 2.33. The lowest BCUT2D eigenvalue weighted by atomic mass is 9.88. The molecule has 0 amide bonds. The van der Waals surface area contributed by atoms with E-state index in [9.17, 15) is 13.9 Å². The van der Waals surface area contributed by atoms with Gasteiger partial charge in [0.15, 0.2) is 11.6 Å². The van der Waals surface area contributed by atoms with Crippen molar-refractivity contribution in [2.75, 3.05) is 6.61 Å². The number of rotatable bonds is 2. The zero-order chi connectivity index (χ0) is 14.1. The molecule has 0 bridgehead atoms. The van der Waals surface area contributed by atoms with Crippen LogP contribution in [0.4, 0.5) is 8.78 Å². The summed E-state index contributed by atoms with van der Waals surface area (Å²) in [6, 6.07) is 11.1. The predicted molar refractivity (Wildman–Crippen MR) is 70.4 cm³/mol. The van der Waals surface area contributed by atoms with E-state index in [1.807, 2.05) is 24.3 Å². The van der Waals surface area contributed by atoms with E-state index in [4.69, 9.17) is 4.74 Å². The summed E-state index contributed by atoms with van der Waals surface area (Å²) in [7, 11) is 0. The average Bonchev–Trinajstić information content (AvgIpc) is 2.49. The van der Waals surface area contributed by atoms with Crippen molar-refractivity contribution in [1.29, 1.82) is 0 Å². The Kier molecular flexibility index (Phi) is 3.40. The number of fused-ring (bicyclic) bond motifs is 1. The van der Waals surface area contributed by atoms with Gasteiger partial charge in [-0.2, -0.15) is 0 Å². The number of aliphatic hydroxyl groups is 1. The molecule has 0 spiro atoms. The van der Waals surface area contributed by atoms with Crippen LogP contribution in [0.3, 0.4) is 0 Å². The molecule has 104 valence electrons. The van der Waals surface area contributed by atoms with Gasteiger partial charge < -0.3 is 9.84 Å². The van der Waals surface area contributed by atoms with Gasteiger partial charge in [0.1, 0.15) is 5.75 Å². The minimum absolute atomic E-state index is 0.172. The number of hydrogen-bond acceptors (Lipinski definition) is 2. The third kappa shape index (κ3) is 2.39. The van der Waals surface area contributed by atoms with Gasteiger partial charge in [-0.15, -0.1) is 0 Å². The largest absolute Gasteiger partial charge is 0.493 e. The number of aliphatic hydroxyl groups excluding tert-OH is 1.